The molecule has 9 nitrogen and oxygen atoms in total. The maximum atomic E-state index is 12.9. The van der Waals surface area contributed by atoms with Crippen molar-refractivity contribution in [2.45, 2.75) is 13.5 Å². The highest BCUT2D eigenvalue weighted by Gasteiger charge is 2.25. The van der Waals surface area contributed by atoms with Crippen LogP contribution in [0.15, 0.2) is 54.6 Å². The second-order valence-electron chi connectivity index (χ2n) is 7.90. The first-order valence-electron chi connectivity index (χ1n) is 11.2. The number of halogens is 1. The largest absolute Gasteiger partial charge is 0.461 e. The number of hydrogen-bond donors (Lipinski definition) is 1. The minimum Gasteiger partial charge on any atom is -0.461 e. The second-order valence-corrected chi connectivity index (χ2v) is 8.31. The Morgan fingerprint density at radius 2 is 1.74 bits per heavy atom. The van der Waals surface area contributed by atoms with Gasteiger partial charge in [0.1, 0.15) is 0 Å². The maximum absolute atomic E-state index is 12.9. The van der Waals surface area contributed by atoms with E-state index in [4.69, 9.17) is 16.3 Å². The zero-order valence-electron chi connectivity index (χ0n) is 19.0. The summed E-state index contributed by atoms with van der Waals surface area (Å²) in [4.78, 5) is 29.7. The highest BCUT2D eigenvalue weighted by atomic mass is 35.5. The molecule has 1 aliphatic rings. The van der Waals surface area contributed by atoms with Crippen molar-refractivity contribution in [3.8, 4) is 0 Å². The molecule has 0 aliphatic carbocycles. The number of esters is 1. The summed E-state index contributed by atoms with van der Waals surface area (Å²) < 4.78 is 6.55. The van der Waals surface area contributed by atoms with Crippen LogP contribution in [0.2, 0.25) is 5.02 Å². The summed E-state index contributed by atoms with van der Waals surface area (Å²) in [7, 11) is 0. The molecule has 4 rings (SSSR count). The van der Waals surface area contributed by atoms with E-state index in [1.165, 1.54) is 10.4 Å². The summed E-state index contributed by atoms with van der Waals surface area (Å²) >= 11 is 6.29. The van der Waals surface area contributed by atoms with Gasteiger partial charge in [0.25, 0.3) is 0 Å². The number of benzene rings is 2. The van der Waals surface area contributed by atoms with Crippen molar-refractivity contribution < 1.29 is 14.3 Å². The van der Waals surface area contributed by atoms with Gasteiger partial charge in [-0.15, -0.1) is 5.10 Å². The number of nitrogens with zero attached hydrogens (tertiary/aromatic N) is 5. The van der Waals surface area contributed by atoms with Gasteiger partial charge in [-0.1, -0.05) is 53.2 Å². The molecule has 1 saturated heterocycles. The van der Waals surface area contributed by atoms with Crippen molar-refractivity contribution in [2.24, 2.45) is 0 Å². The van der Waals surface area contributed by atoms with Crippen molar-refractivity contribution in [3.63, 3.8) is 0 Å². The molecule has 0 atom stereocenters. The summed E-state index contributed by atoms with van der Waals surface area (Å²) in [6.07, 6.45) is 0. The van der Waals surface area contributed by atoms with Gasteiger partial charge in [0.15, 0.2) is 5.82 Å². The van der Waals surface area contributed by atoms with Gasteiger partial charge in [-0.2, -0.15) is 0 Å². The normalized spacial score (nSPS) is 14.1. The third-order valence-electron chi connectivity index (χ3n) is 5.60. The van der Waals surface area contributed by atoms with E-state index < -0.39 is 5.97 Å². The third-order valence-corrected chi connectivity index (χ3v) is 5.97. The Labute approximate surface area is 203 Å². The zero-order chi connectivity index (χ0) is 23.9. The molecule has 0 bridgehead atoms. The predicted molar refractivity (Wildman–Crippen MR) is 130 cm³/mol. The van der Waals surface area contributed by atoms with Crippen LogP contribution < -0.4 is 10.2 Å². The number of rotatable bonds is 8. The number of carbonyl (C=O) groups is 2. The first-order valence-corrected chi connectivity index (χ1v) is 11.6. The van der Waals surface area contributed by atoms with Gasteiger partial charge in [-0.3, -0.25) is 9.69 Å². The minimum atomic E-state index is -0.639. The summed E-state index contributed by atoms with van der Waals surface area (Å²) in [6, 6.07) is 17.5. The summed E-state index contributed by atoms with van der Waals surface area (Å²) in [5.74, 6) is -0.688. The molecule has 2 heterocycles. The smallest absolute Gasteiger partial charge is 0.362 e. The van der Waals surface area contributed by atoms with Gasteiger partial charge < -0.3 is 15.0 Å². The summed E-state index contributed by atoms with van der Waals surface area (Å²) in [6.45, 7) is 5.51. The number of ether oxygens (including phenoxy) is 1. The lowest BCUT2D eigenvalue weighted by molar-refractivity contribution is -0.117. The third kappa shape index (κ3) is 5.73. The first kappa shape index (κ1) is 23.7. The van der Waals surface area contributed by atoms with Crippen LogP contribution in [0.1, 0.15) is 23.0 Å². The highest BCUT2D eigenvalue weighted by Crippen LogP contribution is 2.21. The fraction of sp³-hybridized carbons (Fsp3) is 0.333. The molecule has 178 valence electrons. The van der Waals surface area contributed by atoms with E-state index in [-0.39, 0.29) is 37.1 Å². The maximum Gasteiger partial charge on any atom is 0.362 e. The molecule has 1 amide bonds. The number of para-hydroxylation sites is 1. The Bertz CT molecular complexity index is 1130. The number of carbonyl (C=O) groups excluding carboxylic acids is 2. The number of anilines is 2. The molecule has 1 N–H and O–H groups in total. The SMILES string of the molecule is CCOC(=O)c1nnn(Cc2ccccc2Cl)c1NC(=O)CN1CCN(c2ccccc2)CC1. The zero-order valence-corrected chi connectivity index (χ0v) is 19.7. The van der Waals surface area contributed by atoms with Crippen LogP contribution in [0.3, 0.4) is 0 Å². The van der Waals surface area contributed by atoms with E-state index in [1.54, 1.807) is 13.0 Å². The van der Waals surface area contributed by atoms with Crippen LogP contribution in [0.25, 0.3) is 0 Å². The van der Waals surface area contributed by atoms with Crippen LogP contribution >= 0.6 is 11.6 Å². The molecular weight excluding hydrogens is 456 g/mol. The average Bonchev–Trinajstić information content (AvgIpc) is 3.23. The van der Waals surface area contributed by atoms with Gasteiger partial charge in [0, 0.05) is 36.9 Å². The molecule has 34 heavy (non-hydrogen) atoms. The van der Waals surface area contributed by atoms with Crippen LogP contribution in [-0.2, 0) is 16.1 Å². The van der Waals surface area contributed by atoms with Crippen molar-refractivity contribution in [1.82, 2.24) is 19.9 Å². The molecule has 1 fully saturated rings. The number of aromatic nitrogens is 3. The first-order chi connectivity index (χ1) is 16.5. The Hall–Kier alpha value is -3.43. The van der Waals surface area contributed by atoms with Gasteiger partial charge in [-0.25, -0.2) is 9.48 Å². The lowest BCUT2D eigenvalue weighted by Gasteiger charge is -2.35. The van der Waals surface area contributed by atoms with Crippen molar-refractivity contribution in [1.29, 1.82) is 0 Å². The number of nitrogens with one attached hydrogen (secondary N) is 1. The fourth-order valence-electron chi connectivity index (χ4n) is 3.85. The second kappa shape index (κ2) is 11.1. The average molecular weight is 483 g/mol. The van der Waals surface area contributed by atoms with Crippen LogP contribution in [0.5, 0.6) is 0 Å². The summed E-state index contributed by atoms with van der Waals surface area (Å²) in [5.41, 5.74) is 1.94. The minimum absolute atomic E-state index is 0.0313. The Kier molecular flexibility index (Phi) is 7.76. The molecule has 1 aromatic heterocycles. The lowest BCUT2D eigenvalue weighted by Crippen LogP contribution is -2.48. The molecule has 0 radical (unpaired) electrons. The molecule has 2 aromatic carbocycles. The van der Waals surface area contributed by atoms with Gasteiger partial charge in [-0.05, 0) is 30.7 Å². The van der Waals surface area contributed by atoms with Crippen molar-refractivity contribution in [3.05, 3.63) is 70.9 Å². The molecule has 10 heteroatoms. The van der Waals surface area contributed by atoms with E-state index in [2.05, 4.69) is 37.6 Å². The van der Waals surface area contributed by atoms with Crippen molar-refractivity contribution >= 4 is 35.0 Å². The summed E-state index contributed by atoms with van der Waals surface area (Å²) in [5, 5.41) is 11.4. The van der Waals surface area contributed by atoms with Gasteiger partial charge in [0.2, 0.25) is 11.6 Å². The lowest BCUT2D eigenvalue weighted by atomic mass is 10.2. The monoisotopic (exact) mass is 482 g/mol. The van der Waals surface area contributed by atoms with E-state index in [0.29, 0.717) is 5.02 Å². The number of piperazine rings is 1. The number of hydrogen-bond acceptors (Lipinski definition) is 7. The Morgan fingerprint density at radius 1 is 1.03 bits per heavy atom. The van der Waals surface area contributed by atoms with E-state index in [0.717, 1.165) is 31.7 Å². The van der Waals surface area contributed by atoms with Crippen LogP contribution in [-0.4, -0.2) is 71.1 Å². The van der Waals surface area contributed by atoms with Gasteiger partial charge in [0.05, 0.1) is 19.7 Å². The molecule has 0 unspecified atom stereocenters. The number of amides is 1. The molecular formula is C24H27ClN6O3. The van der Waals surface area contributed by atoms with E-state index >= 15 is 0 Å². The van der Waals surface area contributed by atoms with Crippen LogP contribution in [0.4, 0.5) is 11.5 Å². The molecule has 0 saturated carbocycles. The van der Waals surface area contributed by atoms with Gasteiger partial charge >= 0.3 is 5.97 Å². The van der Waals surface area contributed by atoms with E-state index in [9.17, 15) is 9.59 Å². The topological polar surface area (TPSA) is 92.6 Å². The quantitative estimate of drug-likeness (QED) is 0.493. The molecule has 1 aliphatic heterocycles. The van der Waals surface area contributed by atoms with E-state index in [1.807, 2.05) is 36.4 Å². The fourth-order valence-corrected chi connectivity index (χ4v) is 4.05. The predicted octanol–water partition coefficient (Wildman–Crippen LogP) is 2.92. The molecule has 3 aromatic rings. The Morgan fingerprint density at radius 3 is 2.44 bits per heavy atom. The molecule has 0 spiro atoms. The van der Waals surface area contributed by atoms with Crippen molar-refractivity contribution in [2.75, 3.05) is 49.5 Å². The van der Waals surface area contributed by atoms with Crippen LogP contribution in [0, 0.1) is 0 Å². The highest BCUT2D eigenvalue weighted by molar-refractivity contribution is 6.31. The standard InChI is InChI=1S/C24H27ClN6O3/c1-2-34-24(33)22-23(31(28-27-22)16-18-8-6-7-11-20(18)25)26-21(32)17-29-12-14-30(15-13-29)19-9-4-3-5-10-19/h3-11H,2,12-17H2,1H3,(H,26,32). The Balaban J connectivity index is 1.43.